The van der Waals surface area contributed by atoms with E-state index < -0.39 is 0 Å². The highest BCUT2D eigenvalue weighted by atomic mass is 16.6. The molecule has 0 aromatic heterocycles. The molecule has 8 heavy (non-hydrogen) atoms. The zero-order valence-corrected chi connectivity index (χ0v) is 4.46. The summed E-state index contributed by atoms with van der Waals surface area (Å²) in [4.78, 5) is 12.3. The van der Waals surface area contributed by atoms with Crippen LogP contribution >= 0.6 is 0 Å². The van der Waals surface area contributed by atoms with Gasteiger partial charge in [-0.15, -0.1) is 0 Å². The highest BCUT2D eigenvalue weighted by molar-refractivity contribution is 5.70. The van der Waals surface area contributed by atoms with Crippen molar-refractivity contribution in [2.24, 2.45) is 0 Å². The zero-order chi connectivity index (χ0) is 5.56. The van der Waals surface area contributed by atoms with Crippen molar-refractivity contribution >= 4 is 6.09 Å². The van der Waals surface area contributed by atoms with Crippen LogP contribution in [0, 0.1) is 0 Å². The van der Waals surface area contributed by atoms with Crippen LogP contribution in [0.15, 0.2) is 0 Å². The maximum Gasteiger partial charge on any atom is 0.410 e. The lowest BCUT2D eigenvalue weighted by Crippen LogP contribution is -2.23. The Morgan fingerprint density at radius 1 is 1.75 bits per heavy atom. The van der Waals surface area contributed by atoms with Gasteiger partial charge in [0.15, 0.2) is 0 Å². The molecular weight excluding hydrogens is 106 g/mol. The first-order valence-corrected chi connectivity index (χ1v) is 2.82. The number of hydrogen-bond donors (Lipinski definition) is 0. The molecule has 2 heterocycles. The molecule has 2 saturated heterocycles. The molecule has 3 nitrogen and oxygen atoms in total. The van der Waals surface area contributed by atoms with Gasteiger partial charge in [0, 0.05) is 13.0 Å². The fourth-order valence-corrected chi connectivity index (χ4v) is 1.21. The van der Waals surface area contributed by atoms with E-state index in [9.17, 15) is 4.79 Å². The highest BCUT2D eigenvalue weighted by Crippen LogP contribution is 2.21. The summed E-state index contributed by atoms with van der Waals surface area (Å²) in [5, 5.41) is 0. The van der Waals surface area contributed by atoms with Crippen molar-refractivity contribution in [3.8, 4) is 0 Å². The first-order valence-electron chi connectivity index (χ1n) is 2.82. The number of hydrogen-bond acceptors (Lipinski definition) is 2. The molecule has 0 saturated carbocycles. The molecule has 3 heteroatoms. The largest absolute Gasteiger partial charge is 0.444 e. The SMILES string of the molecule is O=C1OC2CCN1C2. The second-order valence-corrected chi connectivity index (χ2v) is 2.24. The van der Waals surface area contributed by atoms with Crippen LogP contribution in [0.4, 0.5) is 4.79 Å². The number of nitrogens with zero attached hydrogens (tertiary/aromatic N) is 1. The summed E-state index contributed by atoms with van der Waals surface area (Å²) in [5.41, 5.74) is 0. The zero-order valence-electron chi connectivity index (χ0n) is 4.46. The molecule has 0 aromatic carbocycles. The van der Waals surface area contributed by atoms with E-state index in [1.54, 1.807) is 4.90 Å². The average molecular weight is 113 g/mol. The van der Waals surface area contributed by atoms with Crippen molar-refractivity contribution in [3.63, 3.8) is 0 Å². The van der Waals surface area contributed by atoms with Crippen molar-refractivity contribution in [1.82, 2.24) is 4.90 Å². The maximum absolute atomic E-state index is 10.5. The van der Waals surface area contributed by atoms with Gasteiger partial charge < -0.3 is 9.64 Å². The Morgan fingerprint density at radius 2 is 2.62 bits per heavy atom. The second kappa shape index (κ2) is 1.16. The number of carbonyl (C=O) groups is 1. The van der Waals surface area contributed by atoms with E-state index in [0.717, 1.165) is 19.5 Å². The van der Waals surface area contributed by atoms with Crippen LogP contribution in [0.25, 0.3) is 0 Å². The molecule has 0 spiro atoms. The van der Waals surface area contributed by atoms with E-state index >= 15 is 0 Å². The molecule has 2 bridgehead atoms. The van der Waals surface area contributed by atoms with Crippen molar-refractivity contribution < 1.29 is 9.53 Å². The Bertz CT molecular complexity index is 134. The van der Waals surface area contributed by atoms with Crippen LogP contribution in [-0.4, -0.2) is 30.2 Å². The van der Waals surface area contributed by atoms with Gasteiger partial charge in [0.1, 0.15) is 6.10 Å². The third-order valence-electron chi connectivity index (χ3n) is 1.67. The minimum Gasteiger partial charge on any atom is -0.444 e. The minimum atomic E-state index is -0.124. The van der Waals surface area contributed by atoms with Crippen LogP contribution in [0.2, 0.25) is 0 Å². The first-order chi connectivity index (χ1) is 3.86. The third-order valence-corrected chi connectivity index (χ3v) is 1.67. The number of rotatable bonds is 0. The van der Waals surface area contributed by atoms with E-state index in [1.165, 1.54) is 0 Å². The Hall–Kier alpha value is -0.730. The molecule has 1 atom stereocenters. The van der Waals surface area contributed by atoms with E-state index in [1.807, 2.05) is 0 Å². The molecule has 44 valence electrons. The molecule has 1 unspecified atom stereocenters. The summed E-state index contributed by atoms with van der Waals surface area (Å²) < 4.78 is 4.85. The topological polar surface area (TPSA) is 29.5 Å². The molecule has 2 rings (SSSR count). The van der Waals surface area contributed by atoms with E-state index in [4.69, 9.17) is 4.74 Å². The standard InChI is InChI=1S/C5H7NO2/c7-5-6-2-1-4(3-6)8-5/h4H,1-3H2. The summed E-state index contributed by atoms with van der Waals surface area (Å²) in [5.74, 6) is 0. The van der Waals surface area contributed by atoms with Gasteiger partial charge >= 0.3 is 6.09 Å². The quantitative estimate of drug-likeness (QED) is 0.449. The smallest absolute Gasteiger partial charge is 0.410 e. The molecule has 2 aliphatic rings. The fourth-order valence-electron chi connectivity index (χ4n) is 1.21. The van der Waals surface area contributed by atoms with Crippen LogP contribution in [0.5, 0.6) is 0 Å². The number of amides is 1. The van der Waals surface area contributed by atoms with E-state index in [2.05, 4.69) is 0 Å². The van der Waals surface area contributed by atoms with Gasteiger partial charge in [0.2, 0.25) is 0 Å². The fraction of sp³-hybridized carbons (Fsp3) is 0.800. The van der Waals surface area contributed by atoms with Gasteiger partial charge in [0.05, 0.1) is 6.54 Å². The minimum absolute atomic E-state index is 0.124. The third kappa shape index (κ3) is 0.363. The van der Waals surface area contributed by atoms with Crippen LogP contribution < -0.4 is 0 Å². The Labute approximate surface area is 47.2 Å². The van der Waals surface area contributed by atoms with Crippen molar-refractivity contribution in [2.75, 3.05) is 13.1 Å². The summed E-state index contributed by atoms with van der Waals surface area (Å²) in [7, 11) is 0. The average Bonchev–Trinajstić information content (AvgIpc) is 2.23. The van der Waals surface area contributed by atoms with E-state index in [-0.39, 0.29) is 12.2 Å². The van der Waals surface area contributed by atoms with Gasteiger partial charge in [-0.2, -0.15) is 0 Å². The molecule has 0 radical (unpaired) electrons. The highest BCUT2D eigenvalue weighted by Gasteiger charge is 2.36. The summed E-state index contributed by atoms with van der Waals surface area (Å²) in [6, 6.07) is 0. The lowest BCUT2D eigenvalue weighted by Gasteiger charge is -2.10. The van der Waals surface area contributed by atoms with Gasteiger partial charge in [-0.3, -0.25) is 0 Å². The van der Waals surface area contributed by atoms with Crippen LogP contribution in [0.1, 0.15) is 6.42 Å². The molecule has 2 aliphatic heterocycles. The Morgan fingerprint density at radius 3 is 2.88 bits per heavy atom. The van der Waals surface area contributed by atoms with Gasteiger partial charge in [0.25, 0.3) is 0 Å². The first kappa shape index (κ1) is 4.18. The van der Waals surface area contributed by atoms with Crippen LogP contribution in [0.3, 0.4) is 0 Å². The van der Waals surface area contributed by atoms with Crippen molar-refractivity contribution in [2.45, 2.75) is 12.5 Å². The molecule has 2 fully saturated rings. The molecule has 1 amide bonds. The summed E-state index contributed by atoms with van der Waals surface area (Å²) in [6.45, 7) is 1.74. The maximum atomic E-state index is 10.5. The lowest BCUT2D eigenvalue weighted by molar-refractivity contribution is 0.111. The number of ether oxygens (including phenoxy) is 1. The monoisotopic (exact) mass is 113 g/mol. The van der Waals surface area contributed by atoms with E-state index in [0.29, 0.717) is 0 Å². The summed E-state index contributed by atoms with van der Waals surface area (Å²) >= 11 is 0. The van der Waals surface area contributed by atoms with Gasteiger partial charge in [-0.1, -0.05) is 0 Å². The van der Waals surface area contributed by atoms with Crippen molar-refractivity contribution in [1.29, 1.82) is 0 Å². The molecule has 0 aromatic rings. The van der Waals surface area contributed by atoms with Crippen molar-refractivity contribution in [3.05, 3.63) is 0 Å². The second-order valence-electron chi connectivity index (χ2n) is 2.24. The number of carbonyl (C=O) groups excluding carboxylic acids is 1. The Kier molecular flexibility index (Phi) is 0.604. The normalized spacial score (nSPS) is 33.8. The molecular formula is C5H7NO2. The number of fused-ring (bicyclic) bond motifs is 2. The molecule has 0 aliphatic carbocycles. The Balaban J connectivity index is 2.22. The van der Waals surface area contributed by atoms with Gasteiger partial charge in [-0.25, -0.2) is 4.79 Å². The van der Waals surface area contributed by atoms with Gasteiger partial charge in [-0.05, 0) is 0 Å². The summed E-state index contributed by atoms with van der Waals surface area (Å²) in [6.07, 6.45) is 1.13. The predicted molar refractivity (Wildman–Crippen MR) is 26.5 cm³/mol. The van der Waals surface area contributed by atoms with Crippen LogP contribution in [-0.2, 0) is 4.74 Å². The predicted octanol–water partition coefficient (Wildman–Crippen LogP) is 0.211. The lowest BCUT2D eigenvalue weighted by atomic mass is 10.3. The molecule has 0 N–H and O–H groups in total.